The van der Waals surface area contributed by atoms with Gasteiger partial charge in [0.15, 0.2) is 0 Å². The first-order valence-electron chi connectivity index (χ1n) is 6.06. The van der Waals surface area contributed by atoms with Crippen molar-refractivity contribution >= 4 is 0 Å². The third-order valence-electron chi connectivity index (χ3n) is 2.71. The van der Waals surface area contributed by atoms with Crippen LogP contribution in [-0.2, 0) is 4.74 Å². The summed E-state index contributed by atoms with van der Waals surface area (Å²) in [7, 11) is 0. The lowest BCUT2D eigenvalue weighted by Gasteiger charge is -2.20. The molecule has 0 aliphatic carbocycles. The summed E-state index contributed by atoms with van der Waals surface area (Å²) < 4.78 is 7.98. The summed E-state index contributed by atoms with van der Waals surface area (Å²) in [5.74, 6) is 0. The van der Waals surface area contributed by atoms with Crippen LogP contribution in [0.1, 0.15) is 27.0 Å². The standard InChI is InChI=1S/C15H19NO/c1-12(2)17-13(3)16-11-7-10-15(16)14-8-5-4-6-9-14/h4-13H,1-3H3/t13-/m0/s1. The number of nitrogens with zero attached hydrogens (tertiary/aromatic N) is 1. The van der Waals surface area contributed by atoms with Crippen LogP contribution in [0.25, 0.3) is 11.3 Å². The first-order valence-corrected chi connectivity index (χ1v) is 6.06. The van der Waals surface area contributed by atoms with Crippen LogP contribution in [0.15, 0.2) is 48.7 Å². The average Bonchev–Trinajstić information content (AvgIpc) is 2.78. The predicted molar refractivity (Wildman–Crippen MR) is 70.8 cm³/mol. The average molecular weight is 229 g/mol. The molecule has 0 amide bonds. The maximum atomic E-state index is 5.82. The van der Waals surface area contributed by atoms with E-state index in [0.29, 0.717) is 0 Å². The summed E-state index contributed by atoms with van der Waals surface area (Å²) in [5, 5.41) is 0. The van der Waals surface area contributed by atoms with Crippen molar-refractivity contribution in [1.82, 2.24) is 4.57 Å². The molecule has 2 heteroatoms. The molecule has 1 aromatic carbocycles. The molecule has 90 valence electrons. The molecule has 0 aliphatic rings. The minimum atomic E-state index is 0.0557. The van der Waals surface area contributed by atoms with Crippen LogP contribution in [-0.4, -0.2) is 10.7 Å². The van der Waals surface area contributed by atoms with Crippen molar-refractivity contribution < 1.29 is 4.74 Å². The fraction of sp³-hybridized carbons (Fsp3) is 0.333. The number of benzene rings is 1. The van der Waals surface area contributed by atoms with E-state index >= 15 is 0 Å². The van der Waals surface area contributed by atoms with Gasteiger partial charge in [0.2, 0.25) is 0 Å². The Hall–Kier alpha value is -1.54. The van der Waals surface area contributed by atoms with Gasteiger partial charge in [-0.2, -0.15) is 0 Å². The van der Waals surface area contributed by atoms with Crippen LogP contribution in [0.4, 0.5) is 0 Å². The Morgan fingerprint density at radius 1 is 0.941 bits per heavy atom. The Kier molecular flexibility index (Phi) is 3.64. The molecule has 0 spiro atoms. The highest BCUT2D eigenvalue weighted by atomic mass is 16.5. The summed E-state index contributed by atoms with van der Waals surface area (Å²) in [6.07, 6.45) is 2.35. The molecule has 0 fully saturated rings. The zero-order valence-electron chi connectivity index (χ0n) is 10.6. The molecular formula is C15H19NO. The number of aromatic nitrogens is 1. The zero-order chi connectivity index (χ0) is 12.3. The van der Waals surface area contributed by atoms with Crippen LogP contribution in [0.5, 0.6) is 0 Å². The van der Waals surface area contributed by atoms with Gasteiger partial charge in [-0.05, 0) is 38.5 Å². The Morgan fingerprint density at radius 2 is 1.65 bits per heavy atom. The lowest BCUT2D eigenvalue weighted by Crippen LogP contribution is -2.14. The van der Waals surface area contributed by atoms with E-state index in [-0.39, 0.29) is 12.3 Å². The maximum Gasteiger partial charge on any atom is 0.131 e. The zero-order valence-corrected chi connectivity index (χ0v) is 10.6. The van der Waals surface area contributed by atoms with Gasteiger partial charge in [-0.15, -0.1) is 0 Å². The second kappa shape index (κ2) is 5.19. The number of hydrogen-bond acceptors (Lipinski definition) is 1. The van der Waals surface area contributed by atoms with Crippen molar-refractivity contribution in [1.29, 1.82) is 0 Å². The highest BCUT2D eigenvalue weighted by Crippen LogP contribution is 2.24. The summed E-state index contributed by atoms with van der Waals surface area (Å²) in [4.78, 5) is 0. The molecule has 0 saturated heterocycles. The molecule has 0 N–H and O–H groups in total. The molecule has 1 aromatic heterocycles. The maximum absolute atomic E-state index is 5.82. The monoisotopic (exact) mass is 229 g/mol. The van der Waals surface area contributed by atoms with Gasteiger partial charge in [-0.25, -0.2) is 0 Å². The van der Waals surface area contributed by atoms with Gasteiger partial charge in [0.25, 0.3) is 0 Å². The predicted octanol–water partition coefficient (Wildman–Crippen LogP) is 4.10. The van der Waals surface area contributed by atoms with E-state index in [9.17, 15) is 0 Å². The van der Waals surface area contributed by atoms with Crippen molar-refractivity contribution in [3.8, 4) is 11.3 Å². The summed E-state index contributed by atoms with van der Waals surface area (Å²) in [6.45, 7) is 6.19. The molecule has 0 saturated carbocycles. The molecule has 1 atom stereocenters. The van der Waals surface area contributed by atoms with Crippen molar-refractivity contribution in [2.75, 3.05) is 0 Å². The van der Waals surface area contributed by atoms with E-state index in [1.807, 2.05) is 6.07 Å². The number of hydrogen-bond donors (Lipinski definition) is 0. The second-order valence-electron chi connectivity index (χ2n) is 4.45. The molecular weight excluding hydrogens is 210 g/mol. The van der Waals surface area contributed by atoms with Gasteiger partial charge in [-0.3, -0.25) is 0 Å². The minimum Gasteiger partial charge on any atom is -0.356 e. The molecule has 0 aliphatic heterocycles. The molecule has 2 rings (SSSR count). The topological polar surface area (TPSA) is 14.2 Å². The van der Waals surface area contributed by atoms with Crippen LogP contribution in [0, 0.1) is 0 Å². The van der Waals surface area contributed by atoms with E-state index in [1.54, 1.807) is 0 Å². The summed E-state index contributed by atoms with van der Waals surface area (Å²) in [5.41, 5.74) is 2.41. The van der Waals surface area contributed by atoms with E-state index in [4.69, 9.17) is 4.74 Å². The van der Waals surface area contributed by atoms with Crippen LogP contribution in [0.3, 0.4) is 0 Å². The lowest BCUT2D eigenvalue weighted by atomic mass is 10.1. The van der Waals surface area contributed by atoms with Crippen molar-refractivity contribution in [3.63, 3.8) is 0 Å². The minimum absolute atomic E-state index is 0.0557. The van der Waals surface area contributed by atoms with Gasteiger partial charge in [0.1, 0.15) is 6.23 Å². The highest BCUT2D eigenvalue weighted by Gasteiger charge is 2.11. The van der Waals surface area contributed by atoms with Crippen molar-refractivity contribution in [2.45, 2.75) is 33.1 Å². The molecule has 2 aromatic rings. The third kappa shape index (κ3) is 2.77. The molecule has 1 heterocycles. The first-order chi connectivity index (χ1) is 8.18. The second-order valence-corrected chi connectivity index (χ2v) is 4.45. The van der Waals surface area contributed by atoms with E-state index < -0.39 is 0 Å². The summed E-state index contributed by atoms with van der Waals surface area (Å²) in [6, 6.07) is 14.6. The van der Waals surface area contributed by atoms with E-state index in [1.165, 1.54) is 11.3 Å². The molecule has 0 radical (unpaired) electrons. The number of rotatable bonds is 4. The van der Waals surface area contributed by atoms with Gasteiger partial charge < -0.3 is 9.30 Å². The van der Waals surface area contributed by atoms with Gasteiger partial charge in [0.05, 0.1) is 11.8 Å². The van der Waals surface area contributed by atoms with E-state index in [0.717, 1.165) is 0 Å². The molecule has 0 unspecified atom stereocenters. The van der Waals surface area contributed by atoms with Crippen molar-refractivity contribution in [3.05, 3.63) is 48.7 Å². The van der Waals surface area contributed by atoms with Crippen LogP contribution in [0.2, 0.25) is 0 Å². The highest BCUT2D eigenvalue weighted by molar-refractivity contribution is 5.59. The molecule has 2 nitrogen and oxygen atoms in total. The number of ether oxygens (including phenoxy) is 1. The molecule has 17 heavy (non-hydrogen) atoms. The van der Waals surface area contributed by atoms with Crippen molar-refractivity contribution in [2.24, 2.45) is 0 Å². The fourth-order valence-corrected chi connectivity index (χ4v) is 2.02. The smallest absolute Gasteiger partial charge is 0.131 e. The van der Waals surface area contributed by atoms with Crippen LogP contribution < -0.4 is 0 Å². The Bertz CT molecular complexity index is 459. The Labute approximate surface area is 103 Å². The van der Waals surface area contributed by atoms with Crippen LogP contribution >= 0.6 is 0 Å². The van der Waals surface area contributed by atoms with Gasteiger partial charge >= 0.3 is 0 Å². The quantitative estimate of drug-likeness (QED) is 0.770. The largest absolute Gasteiger partial charge is 0.356 e. The SMILES string of the molecule is CC(C)O[C@@H](C)n1cccc1-c1ccccc1. The lowest BCUT2D eigenvalue weighted by molar-refractivity contribution is -0.0237. The molecule has 0 bridgehead atoms. The third-order valence-corrected chi connectivity index (χ3v) is 2.71. The van der Waals surface area contributed by atoms with E-state index in [2.05, 4.69) is 67.9 Å². The van der Waals surface area contributed by atoms with Gasteiger partial charge in [0, 0.05) is 6.20 Å². The normalized spacial score (nSPS) is 12.9. The Morgan fingerprint density at radius 3 is 2.29 bits per heavy atom. The fourth-order valence-electron chi connectivity index (χ4n) is 2.02. The first kappa shape index (κ1) is 11.9. The summed E-state index contributed by atoms with van der Waals surface area (Å²) >= 11 is 0. The Balaban J connectivity index is 2.29. The van der Waals surface area contributed by atoms with Gasteiger partial charge in [-0.1, -0.05) is 30.3 Å².